The maximum Gasteiger partial charge on any atom is 0.148 e. The zero-order valence-corrected chi connectivity index (χ0v) is 6.96. The third-order valence-corrected chi connectivity index (χ3v) is 1.97. The Morgan fingerprint density at radius 3 is 2.73 bits per heavy atom. The van der Waals surface area contributed by atoms with E-state index in [9.17, 15) is 4.79 Å². The van der Waals surface area contributed by atoms with Gasteiger partial charge in [0.25, 0.3) is 0 Å². The van der Waals surface area contributed by atoms with Crippen LogP contribution in [0.2, 0.25) is 0 Å². The van der Waals surface area contributed by atoms with Gasteiger partial charge in [-0.15, -0.1) is 0 Å². The second-order valence-corrected chi connectivity index (χ2v) is 3.12. The number of ketones is 1. The van der Waals surface area contributed by atoms with Crippen LogP contribution in [0.4, 0.5) is 0 Å². The number of carbonyl (C=O) groups is 1. The van der Waals surface area contributed by atoms with E-state index in [2.05, 4.69) is 4.99 Å². The molecule has 0 aromatic heterocycles. The van der Waals surface area contributed by atoms with Gasteiger partial charge >= 0.3 is 0 Å². The molecule has 0 bridgehead atoms. The van der Waals surface area contributed by atoms with Crippen molar-refractivity contribution in [3.63, 3.8) is 0 Å². The highest BCUT2D eigenvalue weighted by molar-refractivity contribution is 5.95. The SMILES string of the molecule is CN=CCC(=O)C1(C)COC1. The average Bonchev–Trinajstić information content (AvgIpc) is 1.95. The maximum atomic E-state index is 11.3. The molecule has 0 aliphatic carbocycles. The van der Waals surface area contributed by atoms with Crippen LogP contribution in [0.5, 0.6) is 0 Å². The van der Waals surface area contributed by atoms with Crippen molar-refractivity contribution in [1.29, 1.82) is 0 Å². The van der Waals surface area contributed by atoms with Gasteiger partial charge in [0.2, 0.25) is 0 Å². The quantitative estimate of drug-likeness (QED) is 0.562. The van der Waals surface area contributed by atoms with E-state index in [4.69, 9.17) is 4.74 Å². The van der Waals surface area contributed by atoms with Crippen LogP contribution >= 0.6 is 0 Å². The van der Waals surface area contributed by atoms with Crippen LogP contribution in [0.1, 0.15) is 13.3 Å². The minimum Gasteiger partial charge on any atom is -0.379 e. The van der Waals surface area contributed by atoms with Gasteiger partial charge in [0, 0.05) is 19.7 Å². The molecule has 62 valence electrons. The highest BCUT2D eigenvalue weighted by Crippen LogP contribution is 2.28. The summed E-state index contributed by atoms with van der Waals surface area (Å²) in [6, 6.07) is 0. The predicted molar refractivity (Wildman–Crippen MR) is 43.0 cm³/mol. The van der Waals surface area contributed by atoms with Crippen molar-refractivity contribution < 1.29 is 9.53 Å². The summed E-state index contributed by atoms with van der Waals surface area (Å²) in [5, 5.41) is 0. The molecule has 0 atom stereocenters. The first-order chi connectivity index (χ1) is 5.19. The second-order valence-electron chi connectivity index (χ2n) is 3.12. The summed E-state index contributed by atoms with van der Waals surface area (Å²) in [4.78, 5) is 15.1. The molecule has 1 aliphatic heterocycles. The Hall–Kier alpha value is -0.700. The molecule has 0 amide bonds. The van der Waals surface area contributed by atoms with Gasteiger partial charge in [0.05, 0.1) is 18.6 Å². The molecule has 0 aromatic rings. The molecule has 3 nitrogen and oxygen atoms in total. The molecule has 1 heterocycles. The van der Waals surface area contributed by atoms with E-state index in [0.29, 0.717) is 19.6 Å². The van der Waals surface area contributed by atoms with Gasteiger partial charge in [0.1, 0.15) is 5.78 Å². The molecule has 11 heavy (non-hydrogen) atoms. The minimum atomic E-state index is -0.221. The lowest BCUT2D eigenvalue weighted by atomic mass is 9.82. The summed E-state index contributed by atoms with van der Waals surface area (Å²) in [6.45, 7) is 3.08. The van der Waals surface area contributed by atoms with Crippen molar-refractivity contribution in [3.8, 4) is 0 Å². The van der Waals surface area contributed by atoms with Crippen LogP contribution in [0.3, 0.4) is 0 Å². The molecule has 0 spiro atoms. The van der Waals surface area contributed by atoms with E-state index >= 15 is 0 Å². The van der Waals surface area contributed by atoms with Crippen molar-refractivity contribution in [2.75, 3.05) is 20.3 Å². The molecule has 0 unspecified atom stereocenters. The van der Waals surface area contributed by atoms with E-state index in [-0.39, 0.29) is 11.2 Å². The molecule has 0 aromatic carbocycles. The van der Waals surface area contributed by atoms with Crippen LogP contribution in [-0.4, -0.2) is 32.3 Å². The Labute approximate surface area is 66.5 Å². The van der Waals surface area contributed by atoms with Crippen LogP contribution in [-0.2, 0) is 9.53 Å². The van der Waals surface area contributed by atoms with Gasteiger partial charge in [-0.05, 0) is 6.92 Å². The van der Waals surface area contributed by atoms with E-state index in [1.807, 2.05) is 6.92 Å². The Morgan fingerprint density at radius 1 is 1.73 bits per heavy atom. The van der Waals surface area contributed by atoms with Gasteiger partial charge in [0.15, 0.2) is 0 Å². The van der Waals surface area contributed by atoms with Crippen molar-refractivity contribution in [2.45, 2.75) is 13.3 Å². The van der Waals surface area contributed by atoms with Crippen molar-refractivity contribution >= 4 is 12.0 Å². The minimum absolute atomic E-state index is 0.221. The molecule has 0 N–H and O–H groups in total. The van der Waals surface area contributed by atoms with Gasteiger partial charge in [-0.25, -0.2) is 0 Å². The molecular weight excluding hydrogens is 142 g/mol. The summed E-state index contributed by atoms with van der Waals surface area (Å²) in [7, 11) is 1.67. The fourth-order valence-electron chi connectivity index (χ4n) is 0.990. The number of hydrogen-bond donors (Lipinski definition) is 0. The van der Waals surface area contributed by atoms with Crippen molar-refractivity contribution in [1.82, 2.24) is 0 Å². The van der Waals surface area contributed by atoms with E-state index in [1.54, 1.807) is 13.3 Å². The summed E-state index contributed by atoms with van der Waals surface area (Å²) < 4.78 is 4.97. The molecule has 1 rings (SSSR count). The third kappa shape index (κ3) is 1.66. The zero-order valence-electron chi connectivity index (χ0n) is 6.96. The summed E-state index contributed by atoms with van der Waals surface area (Å²) in [5.74, 6) is 0.231. The molecule has 0 radical (unpaired) electrons. The maximum absolute atomic E-state index is 11.3. The Kier molecular flexibility index (Phi) is 2.39. The average molecular weight is 155 g/mol. The molecular formula is C8H13NO2. The largest absolute Gasteiger partial charge is 0.379 e. The fourth-order valence-corrected chi connectivity index (χ4v) is 0.990. The first-order valence-corrected chi connectivity index (χ1v) is 3.71. The van der Waals surface area contributed by atoms with Crippen LogP contribution < -0.4 is 0 Å². The number of aliphatic imine (C=N–C) groups is 1. The standard InChI is InChI=1S/C8H13NO2/c1-8(5-11-6-8)7(10)3-4-9-2/h4H,3,5-6H2,1-2H3. The number of ether oxygens (including phenoxy) is 1. The summed E-state index contributed by atoms with van der Waals surface area (Å²) in [5.41, 5.74) is -0.221. The normalized spacial score (nSPS) is 21.6. The first-order valence-electron chi connectivity index (χ1n) is 3.71. The lowest BCUT2D eigenvalue weighted by Crippen LogP contribution is -2.46. The van der Waals surface area contributed by atoms with E-state index < -0.39 is 0 Å². The predicted octanol–water partition coefficient (Wildman–Crippen LogP) is 0.683. The Balaban J connectivity index is 2.40. The van der Waals surface area contributed by atoms with Crippen molar-refractivity contribution in [3.05, 3.63) is 0 Å². The topological polar surface area (TPSA) is 38.7 Å². The number of hydrogen-bond acceptors (Lipinski definition) is 3. The molecule has 1 saturated heterocycles. The monoisotopic (exact) mass is 155 g/mol. The van der Waals surface area contributed by atoms with E-state index in [0.717, 1.165) is 0 Å². The second kappa shape index (κ2) is 3.13. The lowest BCUT2D eigenvalue weighted by Gasteiger charge is -2.36. The fraction of sp³-hybridized carbons (Fsp3) is 0.750. The molecule has 1 aliphatic rings. The smallest absolute Gasteiger partial charge is 0.148 e. The van der Waals surface area contributed by atoms with Gasteiger partial charge < -0.3 is 9.73 Å². The highest BCUT2D eigenvalue weighted by atomic mass is 16.5. The Morgan fingerprint density at radius 2 is 2.36 bits per heavy atom. The van der Waals surface area contributed by atoms with Crippen molar-refractivity contribution in [2.24, 2.45) is 10.4 Å². The van der Waals surface area contributed by atoms with Gasteiger partial charge in [-0.2, -0.15) is 0 Å². The number of carbonyl (C=O) groups excluding carboxylic acids is 1. The van der Waals surface area contributed by atoms with Crippen LogP contribution in [0.25, 0.3) is 0 Å². The number of rotatable bonds is 3. The molecule has 1 fully saturated rings. The Bertz CT molecular complexity index is 183. The van der Waals surface area contributed by atoms with Gasteiger partial charge in [-0.1, -0.05) is 0 Å². The first kappa shape index (κ1) is 8.40. The third-order valence-electron chi connectivity index (χ3n) is 1.97. The summed E-state index contributed by atoms with van der Waals surface area (Å²) in [6.07, 6.45) is 2.09. The number of nitrogens with zero attached hydrogens (tertiary/aromatic N) is 1. The van der Waals surface area contributed by atoms with Crippen LogP contribution in [0, 0.1) is 5.41 Å². The van der Waals surface area contributed by atoms with Crippen LogP contribution in [0.15, 0.2) is 4.99 Å². The summed E-state index contributed by atoms with van der Waals surface area (Å²) >= 11 is 0. The number of Topliss-reactive ketones (excluding diaryl/α,β-unsaturated/α-hetero) is 1. The molecule has 3 heteroatoms. The van der Waals surface area contributed by atoms with Gasteiger partial charge in [-0.3, -0.25) is 4.79 Å². The zero-order chi connectivity index (χ0) is 8.32. The molecule has 0 saturated carbocycles. The lowest BCUT2D eigenvalue weighted by molar-refractivity contribution is -0.153. The highest BCUT2D eigenvalue weighted by Gasteiger charge is 2.39. The van der Waals surface area contributed by atoms with E-state index in [1.165, 1.54) is 0 Å².